The van der Waals surface area contributed by atoms with Gasteiger partial charge in [0.05, 0.1) is 18.2 Å². The molecule has 4 N–H and O–H groups in total. The lowest BCUT2D eigenvalue weighted by atomic mass is 10.2. The van der Waals surface area contributed by atoms with Crippen LogP contribution in [0.1, 0.15) is 5.56 Å². The Hall–Kier alpha value is -2.59. The van der Waals surface area contributed by atoms with Crippen LogP contribution in [-0.2, 0) is 9.59 Å². The second-order valence-electron chi connectivity index (χ2n) is 3.65. The number of nitrogens with one attached hydrogen (secondary N) is 1. The van der Waals surface area contributed by atoms with Crippen molar-refractivity contribution < 1.29 is 19.4 Å². The lowest BCUT2D eigenvalue weighted by molar-refractivity contribution is -0.127. The van der Waals surface area contributed by atoms with Crippen molar-refractivity contribution in [2.24, 2.45) is 5.73 Å². The molecule has 7 heteroatoms. The van der Waals surface area contributed by atoms with Gasteiger partial charge in [0.25, 0.3) is 5.91 Å². The van der Waals surface area contributed by atoms with Crippen LogP contribution in [0.5, 0.6) is 5.75 Å². The van der Waals surface area contributed by atoms with E-state index in [4.69, 9.17) is 20.8 Å². The van der Waals surface area contributed by atoms with Gasteiger partial charge in [0.2, 0.25) is 5.91 Å². The second kappa shape index (κ2) is 6.98. The van der Waals surface area contributed by atoms with Crippen LogP contribution in [0.4, 0.5) is 0 Å². The zero-order chi connectivity index (χ0) is 14.3. The van der Waals surface area contributed by atoms with Crippen molar-refractivity contribution in [1.29, 1.82) is 5.26 Å². The number of nitrogens with two attached hydrogens (primary N) is 1. The normalized spacial score (nSPS) is 11.2. The van der Waals surface area contributed by atoms with E-state index in [1.165, 1.54) is 0 Å². The zero-order valence-corrected chi connectivity index (χ0v) is 10.00. The van der Waals surface area contributed by atoms with Gasteiger partial charge in [0, 0.05) is 0 Å². The van der Waals surface area contributed by atoms with E-state index >= 15 is 0 Å². The lowest BCUT2D eigenvalue weighted by Gasteiger charge is -2.09. The third-order valence-electron chi connectivity index (χ3n) is 2.17. The van der Waals surface area contributed by atoms with Gasteiger partial charge in [-0.2, -0.15) is 5.26 Å². The highest BCUT2D eigenvalue weighted by molar-refractivity contribution is 5.81. The topological polar surface area (TPSA) is 125 Å². The molecule has 0 saturated heterocycles. The number of rotatable bonds is 6. The standard InChI is InChI=1S/C12H13N3O4/c13-5-8-1-3-9(4-2-8)19-7-11(17)15-6-10(16)12(14)18/h1-4,10,16H,6-7H2,(H2,14,18)(H,15,17). The van der Waals surface area contributed by atoms with Gasteiger partial charge < -0.3 is 20.9 Å². The van der Waals surface area contributed by atoms with E-state index < -0.39 is 17.9 Å². The molecule has 7 nitrogen and oxygen atoms in total. The van der Waals surface area contributed by atoms with Crippen LogP contribution < -0.4 is 15.8 Å². The molecule has 0 aliphatic heterocycles. The number of carbonyl (C=O) groups excluding carboxylic acids is 2. The summed E-state index contributed by atoms with van der Waals surface area (Å²) in [6, 6.07) is 8.19. The number of nitriles is 1. The first kappa shape index (κ1) is 14.5. The highest BCUT2D eigenvalue weighted by Crippen LogP contribution is 2.10. The Morgan fingerprint density at radius 2 is 2.05 bits per heavy atom. The highest BCUT2D eigenvalue weighted by atomic mass is 16.5. The van der Waals surface area contributed by atoms with Crippen molar-refractivity contribution in [3.8, 4) is 11.8 Å². The quantitative estimate of drug-likeness (QED) is 0.600. The predicted octanol–water partition coefficient (Wildman–Crippen LogP) is -1.10. The Labute approximate surface area is 109 Å². The van der Waals surface area contributed by atoms with Crippen LogP contribution in [0.2, 0.25) is 0 Å². The first-order valence-corrected chi connectivity index (χ1v) is 5.40. The lowest BCUT2D eigenvalue weighted by Crippen LogP contribution is -2.41. The average Bonchev–Trinajstić information content (AvgIpc) is 2.42. The summed E-state index contributed by atoms with van der Waals surface area (Å²) in [5, 5.41) is 19.9. The summed E-state index contributed by atoms with van der Waals surface area (Å²) in [4.78, 5) is 21.8. The molecule has 2 amide bonds. The van der Waals surface area contributed by atoms with Crippen LogP contribution in [0, 0.1) is 11.3 Å². The van der Waals surface area contributed by atoms with E-state index in [9.17, 15) is 9.59 Å². The number of hydrogen-bond donors (Lipinski definition) is 3. The first-order chi connectivity index (χ1) is 9.02. The molecule has 0 aliphatic rings. The van der Waals surface area contributed by atoms with Crippen LogP contribution in [-0.4, -0.2) is 36.2 Å². The Balaban J connectivity index is 2.33. The molecule has 100 valence electrons. The largest absolute Gasteiger partial charge is 0.484 e. The van der Waals surface area contributed by atoms with E-state index in [2.05, 4.69) is 5.32 Å². The van der Waals surface area contributed by atoms with E-state index in [1.807, 2.05) is 6.07 Å². The third kappa shape index (κ3) is 5.06. The Morgan fingerprint density at radius 3 is 2.58 bits per heavy atom. The molecule has 1 unspecified atom stereocenters. The minimum absolute atomic E-state index is 0.259. The van der Waals surface area contributed by atoms with Crippen molar-refractivity contribution in [2.45, 2.75) is 6.10 Å². The van der Waals surface area contributed by atoms with Crippen molar-refractivity contribution in [2.75, 3.05) is 13.2 Å². The molecule has 1 aromatic carbocycles. The summed E-state index contributed by atoms with van der Waals surface area (Å²) >= 11 is 0. The molecule has 1 rings (SSSR count). The summed E-state index contributed by atoms with van der Waals surface area (Å²) in [6.45, 7) is -0.526. The van der Waals surface area contributed by atoms with Gasteiger partial charge in [0.15, 0.2) is 6.61 Å². The molecule has 19 heavy (non-hydrogen) atoms. The maximum absolute atomic E-state index is 11.3. The zero-order valence-electron chi connectivity index (χ0n) is 10.00. The van der Waals surface area contributed by atoms with Gasteiger partial charge >= 0.3 is 0 Å². The molecule has 0 fully saturated rings. The Kier molecular flexibility index (Phi) is 5.32. The maximum Gasteiger partial charge on any atom is 0.258 e. The summed E-state index contributed by atoms with van der Waals surface area (Å²) in [5.41, 5.74) is 5.30. The number of aliphatic hydroxyl groups is 1. The average molecular weight is 263 g/mol. The van der Waals surface area contributed by atoms with Crippen LogP contribution in [0.3, 0.4) is 0 Å². The summed E-state index contributed by atoms with van der Waals surface area (Å²) < 4.78 is 5.14. The molecule has 0 spiro atoms. The molecule has 1 atom stereocenters. The van der Waals surface area contributed by atoms with Crippen molar-refractivity contribution in [3.63, 3.8) is 0 Å². The number of hydrogen-bond acceptors (Lipinski definition) is 5. The first-order valence-electron chi connectivity index (χ1n) is 5.40. The third-order valence-corrected chi connectivity index (χ3v) is 2.17. The number of amides is 2. The molecule has 0 bridgehead atoms. The Bertz CT molecular complexity index is 493. The maximum atomic E-state index is 11.3. The number of carbonyl (C=O) groups is 2. The molecule has 0 aromatic heterocycles. The van der Waals surface area contributed by atoms with Gasteiger partial charge in [-0.15, -0.1) is 0 Å². The smallest absolute Gasteiger partial charge is 0.258 e. The highest BCUT2D eigenvalue weighted by Gasteiger charge is 2.12. The van der Waals surface area contributed by atoms with E-state index in [1.54, 1.807) is 24.3 Å². The van der Waals surface area contributed by atoms with Crippen LogP contribution in [0.25, 0.3) is 0 Å². The summed E-state index contributed by atoms with van der Waals surface area (Å²) in [6.07, 6.45) is -1.42. The molecule has 0 aliphatic carbocycles. The fourth-order valence-corrected chi connectivity index (χ4v) is 1.14. The van der Waals surface area contributed by atoms with E-state index in [0.717, 1.165) is 0 Å². The molecule has 0 saturated carbocycles. The van der Waals surface area contributed by atoms with Gasteiger partial charge in [-0.1, -0.05) is 0 Å². The minimum Gasteiger partial charge on any atom is -0.484 e. The van der Waals surface area contributed by atoms with Gasteiger partial charge in [-0.3, -0.25) is 9.59 Å². The van der Waals surface area contributed by atoms with Crippen molar-refractivity contribution >= 4 is 11.8 Å². The van der Waals surface area contributed by atoms with Crippen LogP contribution >= 0.6 is 0 Å². The second-order valence-corrected chi connectivity index (χ2v) is 3.65. The van der Waals surface area contributed by atoms with Gasteiger partial charge in [-0.05, 0) is 24.3 Å². The van der Waals surface area contributed by atoms with Crippen molar-refractivity contribution in [3.05, 3.63) is 29.8 Å². The number of primary amides is 1. The minimum atomic E-state index is -1.42. The van der Waals surface area contributed by atoms with Crippen LogP contribution in [0.15, 0.2) is 24.3 Å². The number of ether oxygens (including phenoxy) is 1. The molecule has 1 aromatic rings. The fourth-order valence-electron chi connectivity index (χ4n) is 1.14. The Morgan fingerprint density at radius 1 is 1.42 bits per heavy atom. The SMILES string of the molecule is N#Cc1ccc(OCC(=O)NCC(O)C(N)=O)cc1. The molecular formula is C12H13N3O4. The molecular weight excluding hydrogens is 250 g/mol. The van der Waals surface area contributed by atoms with Gasteiger partial charge in [0.1, 0.15) is 11.9 Å². The fraction of sp³-hybridized carbons (Fsp3) is 0.250. The van der Waals surface area contributed by atoms with Gasteiger partial charge in [-0.25, -0.2) is 0 Å². The number of aliphatic hydroxyl groups excluding tert-OH is 1. The summed E-state index contributed by atoms with van der Waals surface area (Å²) in [5.74, 6) is -0.970. The van der Waals surface area contributed by atoms with Crippen molar-refractivity contribution in [1.82, 2.24) is 5.32 Å². The monoisotopic (exact) mass is 263 g/mol. The predicted molar refractivity (Wildman–Crippen MR) is 64.9 cm³/mol. The molecule has 0 heterocycles. The van der Waals surface area contributed by atoms with E-state index in [-0.39, 0.29) is 13.2 Å². The number of nitrogens with zero attached hydrogens (tertiary/aromatic N) is 1. The summed E-state index contributed by atoms with van der Waals surface area (Å²) in [7, 11) is 0. The van der Waals surface area contributed by atoms with E-state index in [0.29, 0.717) is 11.3 Å². The molecule has 0 radical (unpaired) electrons. The number of benzene rings is 1.